The van der Waals surface area contributed by atoms with Gasteiger partial charge < -0.3 is 18.9 Å². The first-order valence-corrected chi connectivity index (χ1v) is 17.8. The molecule has 0 aliphatic heterocycles. The summed E-state index contributed by atoms with van der Waals surface area (Å²) >= 11 is 0. The van der Waals surface area contributed by atoms with E-state index in [0.717, 1.165) is 17.2 Å². The Balaban J connectivity index is 2.19. The zero-order valence-corrected chi connectivity index (χ0v) is 27.1. The van der Waals surface area contributed by atoms with Gasteiger partial charge >= 0.3 is 18.0 Å². The summed E-state index contributed by atoms with van der Waals surface area (Å²) in [5, 5.41) is 0. The Kier molecular flexibility index (Phi) is 12.4. The van der Waals surface area contributed by atoms with Crippen molar-refractivity contribution in [3.63, 3.8) is 0 Å². The molecule has 0 aliphatic carbocycles. The minimum absolute atomic E-state index is 0.156. The second-order valence-corrected chi connectivity index (χ2v) is 18.4. The number of carbonyl (C=O) groups is 3. The highest BCUT2D eigenvalue weighted by molar-refractivity contribution is 6.76. The van der Waals surface area contributed by atoms with E-state index in [1.54, 1.807) is 34.6 Å². The van der Waals surface area contributed by atoms with Crippen molar-refractivity contribution in [3.05, 3.63) is 65.7 Å². The molecule has 0 radical (unpaired) electrons. The average Bonchev–Trinajstić information content (AvgIpc) is 2.88. The topological polar surface area (TPSA) is 91.4 Å². The van der Waals surface area contributed by atoms with E-state index in [9.17, 15) is 14.4 Å². The Hall–Kier alpha value is -3.33. The predicted molar refractivity (Wildman–Crippen MR) is 163 cm³/mol. The van der Waals surface area contributed by atoms with Crippen molar-refractivity contribution in [2.75, 3.05) is 13.7 Å². The summed E-state index contributed by atoms with van der Waals surface area (Å²) in [5.41, 5.74) is 1.09. The molecule has 0 aliphatic rings. The van der Waals surface area contributed by atoms with Crippen LogP contribution >= 0.6 is 0 Å². The van der Waals surface area contributed by atoms with Crippen LogP contribution in [0.3, 0.4) is 0 Å². The quantitative estimate of drug-likeness (QED) is 0.151. The van der Waals surface area contributed by atoms with Gasteiger partial charge in [-0.1, -0.05) is 76.0 Å². The predicted octanol–water partition coefficient (Wildman–Crippen LogP) is 6.49. The van der Waals surface area contributed by atoms with Gasteiger partial charge in [0, 0.05) is 27.5 Å². The van der Waals surface area contributed by atoms with Crippen molar-refractivity contribution >= 4 is 26.1 Å². The number of nitrogens with zero attached hydrogens (tertiary/aromatic N) is 1. The van der Waals surface area contributed by atoms with Gasteiger partial charge in [-0.15, -0.1) is 0 Å². The molecule has 0 heterocycles. The molecule has 2 atom stereocenters. The third-order valence-electron chi connectivity index (χ3n) is 6.20. The van der Waals surface area contributed by atoms with Crippen LogP contribution in [0, 0.1) is 5.92 Å². The summed E-state index contributed by atoms with van der Waals surface area (Å²) in [6.07, 6.45) is -1.60. The van der Waals surface area contributed by atoms with Crippen LogP contribution in [0.25, 0.3) is 0 Å². The monoisotopic (exact) mass is 585 g/mol. The number of hydrogen-bond donors (Lipinski definition) is 0. The molecule has 0 saturated heterocycles. The van der Waals surface area contributed by atoms with Crippen LogP contribution in [0.2, 0.25) is 25.7 Å². The first-order valence-electron chi connectivity index (χ1n) is 14.1. The van der Waals surface area contributed by atoms with E-state index in [-0.39, 0.29) is 18.9 Å². The van der Waals surface area contributed by atoms with Crippen LogP contribution in [0.15, 0.2) is 54.6 Å². The van der Waals surface area contributed by atoms with Crippen LogP contribution in [-0.4, -0.2) is 62.4 Å². The average molecular weight is 586 g/mol. The van der Waals surface area contributed by atoms with E-state index in [1.807, 2.05) is 54.6 Å². The van der Waals surface area contributed by atoms with E-state index < -0.39 is 43.9 Å². The second kappa shape index (κ2) is 15.1. The maximum Gasteiger partial charge on any atom is 0.410 e. The van der Waals surface area contributed by atoms with Crippen molar-refractivity contribution in [1.82, 2.24) is 4.90 Å². The summed E-state index contributed by atoms with van der Waals surface area (Å²) in [6.45, 7) is 16.1. The SMILES string of the molecule is CC(C)[C@@H](OC(=O)[C@H](Cc1ccc(OCc2ccccc2)cc1)N(C)C(=O)OC(C)(C)C)C(=O)OCC[Si](C)(C)C. The molecule has 41 heavy (non-hydrogen) atoms. The van der Waals surface area contributed by atoms with Gasteiger partial charge in [-0.2, -0.15) is 0 Å². The normalized spacial score (nSPS) is 13.2. The molecule has 0 saturated carbocycles. The molecule has 9 heteroatoms. The van der Waals surface area contributed by atoms with E-state index in [2.05, 4.69) is 19.6 Å². The van der Waals surface area contributed by atoms with Gasteiger partial charge in [-0.05, 0) is 50.1 Å². The molecule has 0 N–H and O–H groups in total. The van der Waals surface area contributed by atoms with Gasteiger partial charge in [-0.25, -0.2) is 14.4 Å². The Morgan fingerprint density at radius 3 is 2.02 bits per heavy atom. The lowest BCUT2D eigenvalue weighted by Crippen LogP contribution is -2.48. The first kappa shape index (κ1) is 33.9. The van der Waals surface area contributed by atoms with Gasteiger partial charge in [0.15, 0.2) is 0 Å². The molecule has 2 aromatic carbocycles. The molecule has 0 unspecified atom stereocenters. The lowest BCUT2D eigenvalue weighted by atomic mass is 10.0. The minimum Gasteiger partial charge on any atom is -0.489 e. The standard InChI is InChI=1S/C32H47NO7Si/c1-23(2)28(30(35)37-19-20-41(7,8)9)39-29(34)27(33(6)31(36)40-32(3,4)5)21-24-15-17-26(18-16-24)38-22-25-13-11-10-12-14-25/h10-18,23,27-28H,19-22H2,1-9H3/t27-,28+/m0/s1. The molecule has 226 valence electrons. The lowest BCUT2D eigenvalue weighted by Gasteiger charge is -2.31. The van der Waals surface area contributed by atoms with Crippen LogP contribution in [0.1, 0.15) is 45.7 Å². The van der Waals surface area contributed by atoms with E-state index in [4.69, 9.17) is 18.9 Å². The minimum atomic E-state index is -1.41. The second-order valence-electron chi connectivity index (χ2n) is 12.8. The Morgan fingerprint density at radius 2 is 1.49 bits per heavy atom. The smallest absolute Gasteiger partial charge is 0.410 e. The van der Waals surface area contributed by atoms with E-state index in [0.29, 0.717) is 12.4 Å². The molecule has 2 rings (SSSR count). The highest BCUT2D eigenvalue weighted by atomic mass is 28.3. The molecule has 0 aromatic heterocycles. The summed E-state index contributed by atoms with van der Waals surface area (Å²) in [6, 6.07) is 17.0. The van der Waals surface area contributed by atoms with Crippen LogP contribution in [0.4, 0.5) is 4.79 Å². The summed E-state index contributed by atoms with van der Waals surface area (Å²) in [4.78, 5) is 40.6. The molecule has 0 spiro atoms. The molecule has 8 nitrogen and oxygen atoms in total. The number of rotatable bonds is 13. The van der Waals surface area contributed by atoms with Crippen molar-refractivity contribution in [1.29, 1.82) is 0 Å². The summed E-state index contributed by atoms with van der Waals surface area (Å²) < 4.78 is 22.6. The Bertz CT molecular complexity index is 1120. The van der Waals surface area contributed by atoms with E-state index in [1.165, 1.54) is 11.9 Å². The van der Waals surface area contributed by atoms with Gasteiger partial charge in [0.1, 0.15) is 24.0 Å². The van der Waals surface area contributed by atoms with Gasteiger partial charge in [0.25, 0.3) is 0 Å². The van der Waals surface area contributed by atoms with Crippen molar-refractivity contribution in [3.8, 4) is 5.75 Å². The lowest BCUT2D eigenvalue weighted by molar-refractivity contribution is -0.173. The fourth-order valence-electron chi connectivity index (χ4n) is 3.73. The third kappa shape index (κ3) is 12.4. The number of hydrogen-bond acceptors (Lipinski definition) is 7. The van der Waals surface area contributed by atoms with Crippen molar-refractivity contribution < 1.29 is 33.3 Å². The third-order valence-corrected chi connectivity index (χ3v) is 7.90. The molecule has 1 amide bonds. The molecule has 2 aromatic rings. The Labute approximate surface area is 246 Å². The van der Waals surface area contributed by atoms with Crippen molar-refractivity contribution in [2.45, 2.75) is 91.1 Å². The van der Waals surface area contributed by atoms with Gasteiger partial charge in [0.2, 0.25) is 6.10 Å². The van der Waals surface area contributed by atoms with E-state index >= 15 is 0 Å². The number of amides is 1. The highest BCUT2D eigenvalue weighted by Gasteiger charge is 2.36. The van der Waals surface area contributed by atoms with Crippen LogP contribution in [0.5, 0.6) is 5.75 Å². The van der Waals surface area contributed by atoms with Crippen LogP contribution in [-0.2, 0) is 36.8 Å². The van der Waals surface area contributed by atoms with Crippen molar-refractivity contribution in [2.24, 2.45) is 5.92 Å². The fourth-order valence-corrected chi connectivity index (χ4v) is 4.44. The van der Waals surface area contributed by atoms with Gasteiger partial charge in [-0.3, -0.25) is 4.90 Å². The van der Waals surface area contributed by atoms with Crippen LogP contribution < -0.4 is 4.74 Å². The summed E-state index contributed by atoms with van der Waals surface area (Å²) in [7, 11) is 0.0887. The largest absolute Gasteiger partial charge is 0.489 e. The molecular formula is C32H47NO7Si. The summed E-state index contributed by atoms with van der Waals surface area (Å²) in [5.74, 6) is -0.918. The zero-order valence-electron chi connectivity index (χ0n) is 26.1. The molecular weight excluding hydrogens is 538 g/mol. The number of ether oxygens (including phenoxy) is 4. The number of esters is 2. The molecule has 0 bridgehead atoms. The number of carbonyl (C=O) groups excluding carboxylic acids is 3. The fraction of sp³-hybridized carbons (Fsp3) is 0.531. The maximum absolute atomic E-state index is 13.5. The maximum atomic E-state index is 13.5. The van der Waals surface area contributed by atoms with Gasteiger partial charge in [0.05, 0.1) is 6.61 Å². The number of benzene rings is 2. The highest BCUT2D eigenvalue weighted by Crippen LogP contribution is 2.20. The zero-order chi connectivity index (χ0) is 30.8. The first-order chi connectivity index (χ1) is 19.1. The Morgan fingerprint density at radius 1 is 0.878 bits per heavy atom. The molecule has 0 fully saturated rings. The number of likely N-dealkylation sites (N-methyl/N-ethyl adjacent to an activating group) is 1.